The van der Waals surface area contributed by atoms with Crippen molar-refractivity contribution >= 4 is 17.8 Å². The predicted molar refractivity (Wildman–Crippen MR) is 109 cm³/mol. The molecule has 6 nitrogen and oxygen atoms in total. The molecule has 2 saturated carbocycles. The number of nitrogens with zero attached hydrogens (tertiary/aromatic N) is 1. The molecule has 0 unspecified atom stereocenters. The summed E-state index contributed by atoms with van der Waals surface area (Å²) in [5.41, 5.74) is 0. The van der Waals surface area contributed by atoms with E-state index in [0.717, 1.165) is 32.1 Å². The first-order valence-electron chi connectivity index (χ1n) is 11.2. The van der Waals surface area contributed by atoms with Crippen LogP contribution in [-0.4, -0.2) is 47.9 Å². The van der Waals surface area contributed by atoms with Crippen molar-refractivity contribution in [1.82, 2.24) is 10.2 Å². The summed E-state index contributed by atoms with van der Waals surface area (Å²) < 4.78 is 5.20. The number of nitrogens with one attached hydrogen (secondary N) is 1. The van der Waals surface area contributed by atoms with Gasteiger partial charge in [0.15, 0.2) is 6.61 Å². The van der Waals surface area contributed by atoms with E-state index < -0.39 is 5.97 Å². The molecule has 6 heteroatoms. The number of carbonyl (C=O) groups excluding carboxylic acids is 3. The van der Waals surface area contributed by atoms with E-state index in [-0.39, 0.29) is 25.0 Å². The van der Waals surface area contributed by atoms with Crippen molar-refractivity contribution in [1.29, 1.82) is 0 Å². The zero-order chi connectivity index (χ0) is 20.4. The third-order valence-corrected chi connectivity index (χ3v) is 5.96. The monoisotopic (exact) mass is 394 g/mol. The average molecular weight is 395 g/mol. The molecular formula is C22H38N2O4. The van der Waals surface area contributed by atoms with Gasteiger partial charge in [-0.25, -0.2) is 0 Å². The fraction of sp³-hybridized carbons (Fsp3) is 0.864. The molecule has 0 bridgehead atoms. The Morgan fingerprint density at radius 1 is 0.929 bits per heavy atom. The van der Waals surface area contributed by atoms with Gasteiger partial charge >= 0.3 is 5.97 Å². The Labute approximate surface area is 169 Å². The van der Waals surface area contributed by atoms with Gasteiger partial charge in [-0.15, -0.1) is 0 Å². The molecule has 160 valence electrons. The van der Waals surface area contributed by atoms with Gasteiger partial charge in [-0.1, -0.05) is 52.4 Å². The van der Waals surface area contributed by atoms with Crippen LogP contribution in [0.3, 0.4) is 0 Å². The van der Waals surface area contributed by atoms with Gasteiger partial charge in [-0.3, -0.25) is 14.4 Å². The smallest absolute Gasteiger partial charge is 0.325 e. The lowest BCUT2D eigenvalue weighted by Gasteiger charge is -2.41. The van der Waals surface area contributed by atoms with Crippen LogP contribution in [0.15, 0.2) is 0 Å². The van der Waals surface area contributed by atoms with Gasteiger partial charge in [0.1, 0.15) is 6.54 Å². The molecule has 0 heterocycles. The third-order valence-electron chi connectivity index (χ3n) is 5.96. The van der Waals surface area contributed by atoms with Crippen LogP contribution in [-0.2, 0) is 19.1 Å². The lowest BCUT2D eigenvalue weighted by atomic mass is 9.88. The molecule has 0 atom stereocenters. The van der Waals surface area contributed by atoms with Gasteiger partial charge in [0.25, 0.3) is 5.91 Å². The summed E-state index contributed by atoms with van der Waals surface area (Å²) in [6, 6.07) is 0.581. The van der Waals surface area contributed by atoms with Crippen molar-refractivity contribution in [2.75, 3.05) is 13.2 Å². The molecule has 0 radical (unpaired) electrons. The number of carbonyl (C=O) groups is 3. The Kier molecular flexibility index (Phi) is 9.79. The fourth-order valence-corrected chi connectivity index (χ4v) is 4.37. The van der Waals surface area contributed by atoms with Crippen LogP contribution >= 0.6 is 0 Å². The molecule has 0 saturated heterocycles. The quantitative estimate of drug-likeness (QED) is 0.607. The Morgan fingerprint density at radius 2 is 1.46 bits per heavy atom. The number of hydrogen-bond acceptors (Lipinski definition) is 4. The van der Waals surface area contributed by atoms with Crippen molar-refractivity contribution in [3.63, 3.8) is 0 Å². The first kappa shape index (κ1) is 22.7. The van der Waals surface area contributed by atoms with Crippen LogP contribution in [0.5, 0.6) is 0 Å². The second-order valence-electron chi connectivity index (χ2n) is 8.75. The summed E-state index contributed by atoms with van der Waals surface area (Å²) in [4.78, 5) is 38.6. The number of hydrogen-bond donors (Lipinski definition) is 1. The van der Waals surface area contributed by atoms with Crippen LogP contribution in [0.25, 0.3) is 0 Å². The maximum Gasteiger partial charge on any atom is 0.325 e. The van der Waals surface area contributed by atoms with Crippen molar-refractivity contribution in [3.8, 4) is 0 Å². The van der Waals surface area contributed by atoms with Crippen molar-refractivity contribution in [2.24, 2.45) is 5.92 Å². The summed E-state index contributed by atoms with van der Waals surface area (Å²) >= 11 is 0. The highest BCUT2D eigenvalue weighted by atomic mass is 16.5. The number of amides is 2. The number of rotatable bonds is 9. The van der Waals surface area contributed by atoms with Gasteiger partial charge in [-0.05, 0) is 38.0 Å². The van der Waals surface area contributed by atoms with Crippen LogP contribution in [0.2, 0.25) is 0 Å². The second-order valence-corrected chi connectivity index (χ2v) is 8.75. The molecule has 2 amide bonds. The van der Waals surface area contributed by atoms with E-state index in [9.17, 15) is 14.4 Å². The zero-order valence-electron chi connectivity index (χ0n) is 17.7. The van der Waals surface area contributed by atoms with E-state index in [1.54, 1.807) is 0 Å². The van der Waals surface area contributed by atoms with Gasteiger partial charge in [0, 0.05) is 18.5 Å². The summed E-state index contributed by atoms with van der Waals surface area (Å²) in [6.45, 7) is 3.72. The normalized spacial score (nSPS) is 18.7. The predicted octanol–water partition coefficient (Wildman–Crippen LogP) is 3.58. The van der Waals surface area contributed by atoms with E-state index in [1.807, 2.05) is 4.90 Å². The molecule has 2 aliphatic rings. The molecule has 0 aromatic carbocycles. The highest BCUT2D eigenvalue weighted by Gasteiger charge is 2.32. The van der Waals surface area contributed by atoms with Gasteiger partial charge in [-0.2, -0.15) is 0 Å². The van der Waals surface area contributed by atoms with Crippen LogP contribution < -0.4 is 5.32 Å². The minimum Gasteiger partial charge on any atom is -0.454 e. The summed E-state index contributed by atoms with van der Waals surface area (Å²) in [6.07, 6.45) is 12.6. The van der Waals surface area contributed by atoms with Crippen molar-refractivity contribution in [2.45, 2.75) is 103 Å². The third kappa shape index (κ3) is 7.80. The van der Waals surface area contributed by atoms with E-state index in [2.05, 4.69) is 19.2 Å². The number of esters is 1. The summed E-state index contributed by atoms with van der Waals surface area (Å²) in [5.74, 6) is -0.319. The summed E-state index contributed by atoms with van der Waals surface area (Å²) in [5, 5.41) is 2.58. The maximum atomic E-state index is 12.9. The van der Waals surface area contributed by atoms with Crippen molar-refractivity contribution in [3.05, 3.63) is 0 Å². The average Bonchev–Trinajstić information content (AvgIpc) is 2.71. The SMILES string of the molecule is CC(C)CCC(=O)NCC(=O)OCC(=O)N(C1CCCCC1)C1CCCCC1. The maximum absolute atomic E-state index is 12.9. The Bertz CT molecular complexity index is 491. The molecule has 0 aromatic rings. The van der Waals surface area contributed by atoms with Gasteiger partial charge in [0.2, 0.25) is 5.91 Å². The first-order valence-corrected chi connectivity index (χ1v) is 11.2. The first-order chi connectivity index (χ1) is 13.5. The fourth-order valence-electron chi connectivity index (χ4n) is 4.37. The van der Waals surface area contributed by atoms with Crippen LogP contribution in [0.1, 0.15) is 90.9 Å². The highest BCUT2D eigenvalue weighted by molar-refractivity contribution is 5.84. The van der Waals surface area contributed by atoms with E-state index in [1.165, 1.54) is 38.5 Å². The van der Waals surface area contributed by atoms with Gasteiger partial charge < -0.3 is 15.0 Å². The van der Waals surface area contributed by atoms with E-state index in [0.29, 0.717) is 24.4 Å². The molecule has 0 spiro atoms. The Hall–Kier alpha value is -1.59. The molecular weight excluding hydrogens is 356 g/mol. The molecule has 0 aromatic heterocycles. The molecule has 0 aliphatic heterocycles. The van der Waals surface area contributed by atoms with Gasteiger partial charge in [0.05, 0.1) is 0 Å². The Morgan fingerprint density at radius 3 is 1.96 bits per heavy atom. The topological polar surface area (TPSA) is 75.7 Å². The van der Waals surface area contributed by atoms with Crippen LogP contribution in [0.4, 0.5) is 0 Å². The highest BCUT2D eigenvalue weighted by Crippen LogP contribution is 2.30. The lowest BCUT2D eigenvalue weighted by molar-refractivity contribution is -0.154. The largest absolute Gasteiger partial charge is 0.454 e. The standard InChI is InChI=1S/C22H38N2O4/c1-17(2)13-14-20(25)23-15-22(27)28-16-21(26)24(18-9-5-3-6-10-18)19-11-7-4-8-12-19/h17-19H,3-16H2,1-2H3,(H,23,25). The minimum atomic E-state index is -0.543. The second kappa shape index (κ2) is 12.1. The van der Waals surface area contributed by atoms with Crippen molar-refractivity contribution < 1.29 is 19.1 Å². The molecule has 2 aliphatic carbocycles. The Balaban J connectivity index is 1.79. The molecule has 2 rings (SSSR count). The number of ether oxygens (including phenoxy) is 1. The van der Waals surface area contributed by atoms with E-state index >= 15 is 0 Å². The summed E-state index contributed by atoms with van der Waals surface area (Å²) in [7, 11) is 0. The lowest BCUT2D eigenvalue weighted by Crippen LogP contribution is -2.50. The van der Waals surface area contributed by atoms with Crippen LogP contribution in [0, 0.1) is 5.92 Å². The minimum absolute atomic E-state index is 0.0710. The molecule has 2 fully saturated rings. The molecule has 1 N–H and O–H groups in total. The zero-order valence-corrected chi connectivity index (χ0v) is 17.7. The molecule has 28 heavy (non-hydrogen) atoms. The van der Waals surface area contributed by atoms with E-state index in [4.69, 9.17) is 4.74 Å².